The fourth-order valence-corrected chi connectivity index (χ4v) is 2.51. The Kier molecular flexibility index (Phi) is 4.87. The van der Waals surface area contributed by atoms with Gasteiger partial charge in [0.1, 0.15) is 0 Å². The van der Waals surface area contributed by atoms with E-state index >= 15 is 0 Å². The van der Waals surface area contributed by atoms with Gasteiger partial charge in [-0.25, -0.2) is 0 Å². The van der Waals surface area contributed by atoms with Gasteiger partial charge in [0.2, 0.25) is 0 Å². The maximum absolute atomic E-state index is 5.97. The van der Waals surface area contributed by atoms with Crippen molar-refractivity contribution in [1.29, 1.82) is 0 Å². The second-order valence-electron chi connectivity index (χ2n) is 4.28. The summed E-state index contributed by atoms with van der Waals surface area (Å²) in [5, 5.41) is 4.14. The highest BCUT2D eigenvalue weighted by atomic mass is 32.1. The first-order valence-corrected chi connectivity index (χ1v) is 7.01. The largest absolute Gasteiger partial charge is 0.371 e. The van der Waals surface area contributed by atoms with Crippen LogP contribution < -0.4 is 5.73 Å². The molecule has 0 aromatic carbocycles. The lowest BCUT2D eigenvalue weighted by molar-refractivity contribution is 0.0403. The first-order chi connectivity index (χ1) is 8.77. The molecule has 0 amide bonds. The highest BCUT2D eigenvalue weighted by Gasteiger charge is 2.17. The minimum absolute atomic E-state index is 0.0108. The van der Waals surface area contributed by atoms with Crippen molar-refractivity contribution in [2.45, 2.75) is 25.5 Å². The second-order valence-corrected chi connectivity index (χ2v) is 5.06. The zero-order valence-corrected chi connectivity index (χ0v) is 11.3. The summed E-state index contributed by atoms with van der Waals surface area (Å²) < 4.78 is 5.89. The third-order valence-electron chi connectivity index (χ3n) is 2.73. The summed E-state index contributed by atoms with van der Waals surface area (Å²) in [5.41, 5.74) is 8.18. The van der Waals surface area contributed by atoms with Gasteiger partial charge in [0.05, 0.1) is 12.7 Å². The monoisotopic (exact) mass is 262 g/mol. The lowest BCUT2D eigenvalue weighted by atomic mass is 10.1. The average Bonchev–Trinajstić information content (AvgIpc) is 2.89. The molecule has 0 spiro atoms. The molecule has 2 aromatic rings. The Balaban J connectivity index is 1.87. The number of thiophene rings is 1. The number of aromatic nitrogens is 1. The van der Waals surface area contributed by atoms with Crippen molar-refractivity contribution in [3.05, 3.63) is 52.5 Å². The summed E-state index contributed by atoms with van der Waals surface area (Å²) in [6, 6.07) is 7.97. The molecule has 0 saturated heterocycles. The van der Waals surface area contributed by atoms with Gasteiger partial charge < -0.3 is 10.5 Å². The van der Waals surface area contributed by atoms with Crippen LogP contribution >= 0.6 is 11.3 Å². The van der Waals surface area contributed by atoms with Crippen LogP contribution in [0.15, 0.2) is 41.2 Å². The first kappa shape index (κ1) is 13.2. The maximum atomic E-state index is 5.97. The molecule has 0 bridgehead atoms. The number of nitrogens with two attached hydrogens (primary N) is 1. The summed E-state index contributed by atoms with van der Waals surface area (Å²) in [6.07, 6.45) is 2.59. The number of hydrogen-bond acceptors (Lipinski definition) is 4. The van der Waals surface area contributed by atoms with E-state index in [9.17, 15) is 0 Å². The SMILES string of the molecule is CC(N)C(OCCc1ccccn1)c1ccsc1. The molecule has 96 valence electrons. The second kappa shape index (κ2) is 6.64. The number of pyridine rings is 1. The van der Waals surface area contributed by atoms with E-state index in [1.54, 1.807) is 17.5 Å². The lowest BCUT2D eigenvalue weighted by Gasteiger charge is -2.20. The smallest absolute Gasteiger partial charge is 0.0981 e. The van der Waals surface area contributed by atoms with E-state index < -0.39 is 0 Å². The van der Waals surface area contributed by atoms with Crippen LogP contribution in [0.3, 0.4) is 0 Å². The quantitative estimate of drug-likeness (QED) is 0.871. The third kappa shape index (κ3) is 3.63. The maximum Gasteiger partial charge on any atom is 0.0981 e. The van der Waals surface area contributed by atoms with Gasteiger partial charge >= 0.3 is 0 Å². The topological polar surface area (TPSA) is 48.1 Å². The molecule has 2 aromatic heterocycles. The predicted molar refractivity (Wildman–Crippen MR) is 74.6 cm³/mol. The van der Waals surface area contributed by atoms with Crippen LogP contribution in [0.5, 0.6) is 0 Å². The van der Waals surface area contributed by atoms with E-state index in [2.05, 4.69) is 16.4 Å². The average molecular weight is 262 g/mol. The number of nitrogens with zero attached hydrogens (tertiary/aromatic N) is 1. The zero-order chi connectivity index (χ0) is 12.8. The molecule has 0 aliphatic rings. The molecule has 0 radical (unpaired) electrons. The number of hydrogen-bond donors (Lipinski definition) is 1. The van der Waals surface area contributed by atoms with Crippen LogP contribution in [0, 0.1) is 0 Å². The van der Waals surface area contributed by atoms with Crippen LogP contribution in [0.2, 0.25) is 0 Å². The van der Waals surface area contributed by atoms with Crippen LogP contribution in [0.4, 0.5) is 0 Å². The zero-order valence-electron chi connectivity index (χ0n) is 10.5. The highest BCUT2D eigenvalue weighted by Crippen LogP contribution is 2.22. The molecule has 2 atom stereocenters. The van der Waals surface area contributed by atoms with E-state index in [0.29, 0.717) is 6.61 Å². The van der Waals surface area contributed by atoms with Crippen molar-refractivity contribution in [2.75, 3.05) is 6.61 Å². The summed E-state index contributed by atoms with van der Waals surface area (Å²) in [7, 11) is 0. The molecule has 2 heterocycles. The van der Waals surface area contributed by atoms with Gasteiger partial charge in [0.25, 0.3) is 0 Å². The van der Waals surface area contributed by atoms with Crippen LogP contribution in [0.1, 0.15) is 24.3 Å². The summed E-state index contributed by atoms with van der Waals surface area (Å²) >= 11 is 1.67. The van der Waals surface area contributed by atoms with E-state index in [-0.39, 0.29) is 12.1 Å². The molecule has 2 N–H and O–H groups in total. The fraction of sp³-hybridized carbons (Fsp3) is 0.357. The number of rotatable bonds is 6. The Labute approximate surface area is 112 Å². The molecule has 3 nitrogen and oxygen atoms in total. The number of ether oxygens (including phenoxy) is 1. The van der Waals surface area contributed by atoms with Gasteiger partial charge in [-0.1, -0.05) is 6.07 Å². The van der Waals surface area contributed by atoms with Gasteiger partial charge in [-0.2, -0.15) is 11.3 Å². The summed E-state index contributed by atoms with van der Waals surface area (Å²) in [4.78, 5) is 4.27. The Hall–Kier alpha value is -1.23. The van der Waals surface area contributed by atoms with Crippen molar-refractivity contribution in [3.63, 3.8) is 0 Å². The summed E-state index contributed by atoms with van der Waals surface area (Å²) in [6.45, 7) is 2.61. The molecule has 2 rings (SSSR count). The van der Waals surface area contributed by atoms with E-state index in [0.717, 1.165) is 17.7 Å². The normalized spacial score (nSPS) is 14.3. The molecule has 0 aliphatic carbocycles. The first-order valence-electron chi connectivity index (χ1n) is 6.06. The van der Waals surface area contributed by atoms with E-state index in [4.69, 9.17) is 10.5 Å². The Morgan fingerprint density at radius 1 is 1.39 bits per heavy atom. The summed E-state index contributed by atoms with van der Waals surface area (Å²) in [5.74, 6) is 0. The van der Waals surface area contributed by atoms with Crippen LogP contribution in [0.25, 0.3) is 0 Å². The van der Waals surface area contributed by atoms with Crippen molar-refractivity contribution in [2.24, 2.45) is 5.73 Å². The van der Waals surface area contributed by atoms with E-state index in [1.807, 2.05) is 30.5 Å². The Bertz CT molecular complexity index is 442. The molecule has 0 fully saturated rings. The van der Waals surface area contributed by atoms with Gasteiger partial charge in [0.15, 0.2) is 0 Å². The van der Waals surface area contributed by atoms with Crippen LogP contribution in [-0.2, 0) is 11.2 Å². The van der Waals surface area contributed by atoms with E-state index in [1.165, 1.54) is 0 Å². The molecular weight excluding hydrogens is 244 g/mol. The molecule has 4 heteroatoms. The molecule has 0 saturated carbocycles. The fourth-order valence-electron chi connectivity index (χ4n) is 1.82. The minimum atomic E-state index is -0.0278. The van der Waals surface area contributed by atoms with Gasteiger partial charge in [-0.05, 0) is 41.4 Å². The standard InChI is InChI=1S/C14H18N2OS/c1-11(15)14(12-6-9-18-10-12)17-8-5-13-4-2-3-7-16-13/h2-4,6-7,9-11,14H,5,8,15H2,1H3. The third-order valence-corrected chi connectivity index (χ3v) is 3.43. The molecule has 2 unspecified atom stereocenters. The van der Waals surface area contributed by atoms with Gasteiger partial charge in [-0.3, -0.25) is 4.98 Å². The molecule has 18 heavy (non-hydrogen) atoms. The molecular formula is C14H18N2OS. The molecule has 0 aliphatic heterocycles. The van der Waals surface area contributed by atoms with Crippen molar-refractivity contribution >= 4 is 11.3 Å². The lowest BCUT2D eigenvalue weighted by Crippen LogP contribution is -2.27. The van der Waals surface area contributed by atoms with Crippen molar-refractivity contribution in [3.8, 4) is 0 Å². The van der Waals surface area contributed by atoms with Gasteiger partial charge in [-0.15, -0.1) is 0 Å². The minimum Gasteiger partial charge on any atom is -0.371 e. The van der Waals surface area contributed by atoms with Crippen LogP contribution in [-0.4, -0.2) is 17.6 Å². The predicted octanol–water partition coefficient (Wildman–Crippen LogP) is 2.79. The Morgan fingerprint density at radius 2 is 2.28 bits per heavy atom. The van der Waals surface area contributed by atoms with Gasteiger partial charge in [0, 0.05) is 24.4 Å². The van der Waals surface area contributed by atoms with Crippen molar-refractivity contribution < 1.29 is 4.74 Å². The van der Waals surface area contributed by atoms with Crippen molar-refractivity contribution in [1.82, 2.24) is 4.98 Å². The Morgan fingerprint density at radius 3 is 2.89 bits per heavy atom. The highest BCUT2D eigenvalue weighted by molar-refractivity contribution is 7.07.